The molecule has 0 aromatic heterocycles. The van der Waals surface area contributed by atoms with Crippen molar-refractivity contribution in [3.05, 3.63) is 29.3 Å². The SMILES string of the molecule is O=P(O)(O)NNc1c(F)cc(F)c(F)c1F. The van der Waals surface area contributed by atoms with Gasteiger partial charge in [-0.25, -0.2) is 22.1 Å². The van der Waals surface area contributed by atoms with Gasteiger partial charge in [-0.1, -0.05) is 0 Å². The summed E-state index contributed by atoms with van der Waals surface area (Å²) in [5, 5.41) is 1.21. The standard InChI is InChI=1S/C6H5F4N2O3P/c7-2-1-3(8)6(5(10)4(2)9)11-12-16(13,14)15/h1,11H,(H3,12,13,14,15). The minimum absolute atomic E-state index is 0.0299. The average molecular weight is 260 g/mol. The Morgan fingerprint density at radius 1 is 1.06 bits per heavy atom. The van der Waals surface area contributed by atoms with Gasteiger partial charge in [0.2, 0.25) is 0 Å². The Morgan fingerprint density at radius 3 is 2.12 bits per heavy atom. The molecule has 4 N–H and O–H groups in total. The smallest absolute Gasteiger partial charge is 0.311 e. The predicted molar refractivity (Wildman–Crippen MR) is 45.1 cm³/mol. The molecule has 10 heteroatoms. The Hall–Kier alpha value is -1.15. The van der Waals surface area contributed by atoms with E-state index in [4.69, 9.17) is 9.79 Å². The largest absolute Gasteiger partial charge is 0.417 e. The molecule has 0 atom stereocenters. The zero-order valence-electron chi connectivity index (χ0n) is 7.34. The van der Waals surface area contributed by atoms with Crippen LogP contribution in [0, 0.1) is 23.3 Å². The van der Waals surface area contributed by atoms with Gasteiger partial charge in [0, 0.05) is 6.07 Å². The Bertz CT molecular complexity index is 464. The van der Waals surface area contributed by atoms with E-state index >= 15 is 0 Å². The van der Waals surface area contributed by atoms with Gasteiger partial charge in [-0.2, -0.15) is 0 Å². The van der Waals surface area contributed by atoms with E-state index < -0.39 is 36.7 Å². The maximum absolute atomic E-state index is 12.9. The maximum atomic E-state index is 12.9. The molecular weight excluding hydrogens is 255 g/mol. The molecule has 90 valence electrons. The molecule has 1 aromatic carbocycles. The Morgan fingerprint density at radius 2 is 1.62 bits per heavy atom. The van der Waals surface area contributed by atoms with Crippen LogP contribution in [0.4, 0.5) is 23.2 Å². The topological polar surface area (TPSA) is 81.6 Å². The second kappa shape index (κ2) is 4.38. The summed E-state index contributed by atoms with van der Waals surface area (Å²) in [5.74, 6) is -7.19. The minimum atomic E-state index is -4.81. The highest BCUT2D eigenvalue weighted by molar-refractivity contribution is 7.49. The fraction of sp³-hybridized carbons (Fsp3) is 0. The summed E-state index contributed by atoms with van der Waals surface area (Å²) in [7, 11) is -4.81. The third-order valence-electron chi connectivity index (χ3n) is 1.44. The minimum Gasteiger partial charge on any atom is -0.311 e. The molecule has 0 fully saturated rings. The highest BCUT2D eigenvalue weighted by Gasteiger charge is 2.21. The quantitative estimate of drug-likeness (QED) is 0.216. The highest BCUT2D eigenvalue weighted by Crippen LogP contribution is 2.30. The van der Waals surface area contributed by atoms with Gasteiger partial charge in [0.15, 0.2) is 23.3 Å². The number of hydrogen-bond donors (Lipinski definition) is 4. The number of hydrogen-bond acceptors (Lipinski definition) is 2. The lowest BCUT2D eigenvalue weighted by Crippen LogP contribution is -2.20. The van der Waals surface area contributed by atoms with Gasteiger partial charge in [0.05, 0.1) is 0 Å². The van der Waals surface area contributed by atoms with Crippen molar-refractivity contribution in [1.29, 1.82) is 0 Å². The molecule has 0 radical (unpaired) electrons. The summed E-state index contributed by atoms with van der Waals surface area (Å²) < 4.78 is 61.1. The zero-order valence-corrected chi connectivity index (χ0v) is 8.23. The predicted octanol–water partition coefficient (Wildman–Crippen LogP) is 1.25. The normalized spacial score (nSPS) is 11.6. The van der Waals surface area contributed by atoms with E-state index in [1.54, 1.807) is 0 Å². The lowest BCUT2D eigenvalue weighted by molar-refractivity contribution is 0.361. The Labute approximate surface area is 86.3 Å². The van der Waals surface area contributed by atoms with E-state index in [0.29, 0.717) is 0 Å². The van der Waals surface area contributed by atoms with Gasteiger partial charge >= 0.3 is 7.75 Å². The molecule has 5 nitrogen and oxygen atoms in total. The van der Waals surface area contributed by atoms with E-state index in [-0.39, 0.29) is 6.07 Å². The third-order valence-corrected chi connectivity index (χ3v) is 1.84. The van der Waals surface area contributed by atoms with E-state index in [1.807, 2.05) is 0 Å². The first kappa shape index (κ1) is 12.9. The van der Waals surface area contributed by atoms with Gasteiger partial charge in [-0.3, -0.25) is 0 Å². The zero-order chi connectivity index (χ0) is 12.5. The summed E-state index contributed by atoms with van der Waals surface area (Å²) in [6, 6.07) is 0.0299. The van der Waals surface area contributed by atoms with Crippen LogP contribution in [0.15, 0.2) is 6.07 Å². The summed E-state index contributed by atoms with van der Waals surface area (Å²) in [4.78, 5) is 16.6. The van der Waals surface area contributed by atoms with Crippen LogP contribution < -0.4 is 10.6 Å². The fourth-order valence-electron chi connectivity index (χ4n) is 0.810. The summed E-state index contributed by atoms with van der Waals surface area (Å²) in [5.41, 5.74) is 0.185. The second-order valence-corrected chi connectivity index (χ2v) is 3.94. The van der Waals surface area contributed by atoms with Crippen molar-refractivity contribution in [2.75, 3.05) is 5.43 Å². The molecule has 0 aliphatic rings. The summed E-state index contributed by atoms with van der Waals surface area (Å²) in [6.07, 6.45) is 0. The molecule has 0 aliphatic heterocycles. The van der Waals surface area contributed by atoms with E-state index in [0.717, 1.165) is 0 Å². The number of nitrogens with one attached hydrogen (secondary N) is 2. The Balaban J connectivity index is 3.06. The van der Waals surface area contributed by atoms with Crippen LogP contribution in [-0.4, -0.2) is 9.79 Å². The number of hydrazine groups is 1. The first-order valence-electron chi connectivity index (χ1n) is 3.64. The lowest BCUT2D eigenvalue weighted by atomic mass is 10.2. The van der Waals surface area contributed by atoms with E-state index in [1.165, 1.54) is 10.6 Å². The van der Waals surface area contributed by atoms with Crippen molar-refractivity contribution >= 4 is 13.4 Å². The molecule has 1 rings (SSSR count). The maximum Gasteiger partial charge on any atom is 0.417 e. The molecule has 0 heterocycles. The van der Waals surface area contributed by atoms with E-state index in [9.17, 15) is 22.1 Å². The van der Waals surface area contributed by atoms with Gasteiger partial charge < -0.3 is 15.2 Å². The summed E-state index contributed by atoms with van der Waals surface area (Å²) >= 11 is 0. The van der Waals surface area contributed by atoms with Gasteiger partial charge in [0.25, 0.3) is 0 Å². The van der Waals surface area contributed by atoms with Gasteiger partial charge in [-0.15, -0.1) is 5.20 Å². The molecular formula is C6H5F4N2O3P. The van der Waals surface area contributed by atoms with Crippen molar-refractivity contribution in [2.24, 2.45) is 0 Å². The number of benzene rings is 1. The molecule has 0 amide bonds. The molecule has 0 saturated heterocycles. The highest BCUT2D eigenvalue weighted by atomic mass is 31.2. The van der Waals surface area contributed by atoms with Crippen molar-refractivity contribution in [3.8, 4) is 0 Å². The van der Waals surface area contributed by atoms with Gasteiger partial charge in [-0.05, 0) is 0 Å². The first-order valence-corrected chi connectivity index (χ1v) is 5.25. The van der Waals surface area contributed by atoms with Crippen LogP contribution >= 0.6 is 7.75 Å². The molecule has 0 bridgehead atoms. The molecule has 0 aliphatic carbocycles. The fourth-order valence-corrected chi connectivity index (χ4v) is 1.07. The molecule has 0 unspecified atom stereocenters. The van der Waals surface area contributed by atoms with Crippen LogP contribution in [0.5, 0.6) is 0 Å². The molecule has 1 aromatic rings. The van der Waals surface area contributed by atoms with Crippen LogP contribution in [0.25, 0.3) is 0 Å². The second-order valence-electron chi connectivity index (χ2n) is 2.62. The number of rotatable bonds is 3. The van der Waals surface area contributed by atoms with Crippen LogP contribution in [0.3, 0.4) is 0 Å². The van der Waals surface area contributed by atoms with Crippen molar-refractivity contribution in [1.82, 2.24) is 5.20 Å². The lowest BCUT2D eigenvalue weighted by Gasteiger charge is -2.11. The van der Waals surface area contributed by atoms with E-state index in [2.05, 4.69) is 0 Å². The van der Waals surface area contributed by atoms with Crippen molar-refractivity contribution in [2.45, 2.75) is 0 Å². The number of anilines is 1. The number of halogens is 4. The van der Waals surface area contributed by atoms with Gasteiger partial charge in [0.1, 0.15) is 5.69 Å². The monoisotopic (exact) mass is 260 g/mol. The average Bonchev–Trinajstić information content (AvgIpc) is 2.12. The van der Waals surface area contributed by atoms with Crippen LogP contribution in [0.1, 0.15) is 0 Å². The summed E-state index contributed by atoms with van der Waals surface area (Å²) in [6.45, 7) is 0. The van der Waals surface area contributed by atoms with Crippen molar-refractivity contribution in [3.63, 3.8) is 0 Å². The Kier molecular flexibility index (Phi) is 3.54. The first-order chi connectivity index (χ1) is 7.22. The third kappa shape index (κ3) is 2.92. The molecule has 0 spiro atoms. The molecule has 0 saturated carbocycles. The van der Waals surface area contributed by atoms with Crippen LogP contribution in [-0.2, 0) is 4.57 Å². The van der Waals surface area contributed by atoms with Crippen molar-refractivity contribution < 1.29 is 31.9 Å². The molecule has 16 heavy (non-hydrogen) atoms. The van der Waals surface area contributed by atoms with Crippen LogP contribution in [0.2, 0.25) is 0 Å².